The third-order valence-corrected chi connectivity index (χ3v) is 2.41. The van der Waals surface area contributed by atoms with Crippen molar-refractivity contribution in [2.75, 3.05) is 7.11 Å². The van der Waals surface area contributed by atoms with Crippen molar-refractivity contribution >= 4 is 10.8 Å². The minimum Gasteiger partial charge on any atom is -0.508 e. The van der Waals surface area contributed by atoms with Gasteiger partial charge < -0.3 is 9.84 Å². The zero-order valence-corrected chi connectivity index (χ0v) is 12.5. The van der Waals surface area contributed by atoms with Crippen molar-refractivity contribution in [3.8, 4) is 11.5 Å². The first-order valence-electron chi connectivity index (χ1n) is 6.59. The summed E-state index contributed by atoms with van der Waals surface area (Å²) in [6, 6.07) is 6.13. The molecule has 106 valence electrons. The molecule has 0 unspecified atom stereocenters. The fourth-order valence-electron chi connectivity index (χ4n) is 1.79. The van der Waals surface area contributed by atoms with E-state index in [0.717, 1.165) is 10.9 Å². The van der Waals surface area contributed by atoms with Crippen molar-refractivity contribution in [2.45, 2.75) is 34.6 Å². The molecule has 19 heavy (non-hydrogen) atoms. The molecule has 3 heteroatoms. The highest BCUT2D eigenvalue weighted by Gasteiger charge is 2.10. The van der Waals surface area contributed by atoms with E-state index in [-0.39, 0.29) is 11.5 Å². The topological polar surface area (TPSA) is 29.5 Å². The summed E-state index contributed by atoms with van der Waals surface area (Å²) in [4.78, 5) is 0. The Morgan fingerprint density at radius 2 is 1.63 bits per heavy atom. The summed E-state index contributed by atoms with van der Waals surface area (Å²) < 4.78 is 18.4. The predicted octanol–water partition coefficient (Wildman–Crippen LogP) is 5.05. The number of phenols is 1. The van der Waals surface area contributed by atoms with Gasteiger partial charge in [0, 0.05) is 5.39 Å². The van der Waals surface area contributed by atoms with Crippen molar-refractivity contribution in [3.05, 3.63) is 35.6 Å². The average Bonchev–Trinajstić information content (AvgIpc) is 2.43. The molecule has 2 rings (SSSR count). The van der Waals surface area contributed by atoms with Crippen LogP contribution in [0.3, 0.4) is 0 Å². The van der Waals surface area contributed by atoms with Gasteiger partial charge in [0.15, 0.2) is 11.6 Å². The van der Waals surface area contributed by atoms with E-state index in [1.165, 1.54) is 13.2 Å². The maximum Gasteiger partial charge on any atom is 0.165 e. The monoisotopic (exact) mass is 266 g/mol. The predicted molar refractivity (Wildman–Crippen MR) is 79.6 cm³/mol. The summed E-state index contributed by atoms with van der Waals surface area (Å²) in [6.45, 7) is 9.81. The quantitative estimate of drug-likeness (QED) is 0.782. The van der Waals surface area contributed by atoms with Crippen LogP contribution >= 0.6 is 0 Å². The lowest BCUT2D eigenvalue weighted by atomic mass is 10.0. The van der Waals surface area contributed by atoms with E-state index < -0.39 is 5.82 Å². The van der Waals surface area contributed by atoms with Gasteiger partial charge in [-0.25, -0.2) is 4.39 Å². The van der Waals surface area contributed by atoms with E-state index in [4.69, 9.17) is 4.74 Å². The van der Waals surface area contributed by atoms with Crippen LogP contribution in [0.5, 0.6) is 11.5 Å². The number of hydrogen-bond donors (Lipinski definition) is 1. The van der Waals surface area contributed by atoms with Gasteiger partial charge in [0.2, 0.25) is 0 Å². The number of fused-ring (bicyclic) bond motifs is 1. The standard InChI is InChI=1S/C12H11FO2.2C2H6/c1-7-5-9(14)6-8-3-4-10(13)12(15-2)11(7)8;2*1-2/h3-6,14H,1-2H3;2*1-2H3. The molecule has 0 radical (unpaired) electrons. The van der Waals surface area contributed by atoms with Crippen LogP contribution in [0.25, 0.3) is 10.8 Å². The number of methoxy groups -OCH3 is 1. The molecule has 0 amide bonds. The molecule has 0 fully saturated rings. The molecule has 2 aromatic carbocycles. The zero-order chi connectivity index (χ0) is 15.0. The molecule has 0 saturated carbocycles. The molecule has 0 aliphatic carbocycles. The van der Waals surface area contributed by atoms with E-state index in [9.17, 15) is 9.50 Å². The van der Waals surface area contributed by atoms with Gasteiger partial charge >= 0.3 is 0 Å². The fraction of sp³-hybridized carbons (Fsp3) is 0.375. The van der Waals surface area contributed by atoms with Crippen LogP contribution < -0.4 is 4.74 Å². The number of aromatic hydroxyl groups is 1. The van der Waals surface area contributed by atoms with Gasteiger partial charge in [-0.1, -0.05) is 33.8 Å². The molecule has 0 saturated heterocycles. The van der Waals surface area contributed by atoms with Gasteiger partial charge in [0.05, 0.1) is 7.11 Å². The summed E-state index contributed by atoms with van der Waals surface area (Å²) >= 11 is 0. The highest BCUT2D eigenvalue weighted by molar-refractivity contribution is 5.92. The van der Waals surface area contributed by atoms with Gasteiger partial charge in [-0.3, -0.25) is 0 Å². The van der Waals surface area contributed by atoms with Crippen molar-refractivity contribution in [1.82, 2.24) is 0 Å². The SMILES string of the molecule is CC.CC.COc1c(F)ccc2cc(O)cc(C)c12. The van der Waals surface area contributed by atoms with Crippen LogP contribution in [0.4, 0.5) is 4.39 Å². The second-order valence-electron chi connectivity index (χ2n) is 3.44. The van der Waals surface area contributed by atoms with Crippen LogP contribution in [-0.4, -0.2) is 12.2 Å². The Morgan fingerprint density at radius 1 is 1.05 bits per heavy atom. The first kappa shape index (κ1) is 17.2. The second-order valence-corrected chi connectivity index (χ2v) is 3.44. The van der Waals surface area contributed by atoms with Crippen molar-refractivity contribution in [2.24, 2.45) is 0 Å². The highest BCUT2D eigenvalue weighted by Crippen LogP contribution is 2.33. The Labute approximate surface area is 114 Å². The molecule has 0 heterocycles. The zero-order valence-electron chi connectivity index (χ0n) is 12.5. The highest BCUT2D eigenvalue weighted by atomic mass is 19.1. The smallest absolute Gasteiger partial charge is 0.165 e. The lowest BCUT2D eigenvalue weighted by Gasteiger charge is -2.09. The first-order chi connectivity index (χ1) is 9.13. The molecule has 0 aliphatic heterocycles. The van der Waals surface area contributed by atoms with E-state index in [2.05, 4.69) is 0 Å². The maximum absolute atomic E-state index is 13.4. The van der Waals surface area contributed by atoms with Crippen LogP contribution in [0, 0.1) is 12.7 Å². The number of rotatable bonds is 1. The average molecular weight is 266 g/mol. The number of hydrogen-bond acceptors (Lipinski definition) is 2. The molecular formula is C16H23FO2. The summed E-state index contributed by atoms with van der Waals surface area (Å²) in [5.74, 6) is 0.0115. The molecule has 2 aromatic rings. The van der Waals surface area contributed by atoms with Gasteiger partial charge in [-0.15, -0.1) is 0 Å². The Bertz CT molecular complexity index is 522. The van der Waals surface area contributed by atoms with Gasteiger partial charge in [-0.05, 0) is 36.1 Å². The Balaban J connectivity index is 0.000000741. The van der Waals surface area contributed by atoms with Crippen molar-refractivity contribution in [1.29, 1.82) is 0 Å². The Hall–Kier alpha value is -1.77. The lowest BCUT2D eigenvalue weighted by molar-refractivity contribution is 0.391. The minimum atomic E-state index is -0.390. The summed E-state index contributed by atoms with van der Waals surface area (Å²) in [7, 11) is 1.43. The molecule has 0 aliphatic rings. The maximum atomic E-state index is 13.4. The van der Waals surface area contributed by atoms with E-state index in [0.29, 0.717) is 5.39 Å². The third-order valence-electron chi connectivity index (χ3n) is 2.41. The molecule has 2 nitrogen and oxygen atoms in total. The largest absolute Gasteiger partial charge is 0.508 e. The molecule has 0 aromatic heterocycles. The van der Waals surface area contributed by atoms with Crippen molar-refractivity contribution < 1.29 is 14.2 Å². The van der Waals surface area contributed by atoms with E-state index >= 15 is 0 Å². The molecular weight excluding hydrogens is 243 g/mol. The van der Waals surface area contributed by atoms with Crippen LogP contribution in [-0.2, 0) is 0 Å². The fourth-order valence-corrected chi connectivity index (χ4v) is 1.79. The first-order valence-corrected chi connectivity index (χ1v) is 6.59. The number of ether oxygens (including phenoxy) is 1. The summed E-state index contributed by atoms with van der Waals surface area (Å²) in [5.41, 5.74) is 0.793. The van der Waals surface area contributed by atoms with E-state index in [1.807, 2.05) is 34.6 Å². The summed E-state index contributed by atoms with van der Waals surface area (Å²) in [5, 5.41) is 10.9. The third kappa shape index (κ3) is 3.85. The molecule has 0 spiro atoms. The summed E-state index contributed by atoms with van der Waals surface area (Å²) in [6.07, 6.45) is 0. The number of benzene rings is 2. The van der Waals surface area contributed by atoms with Crippen LogP contribution in [0.1, 0.15) is 33.3 Å². The second kappa shape index (κ2) is 8.35. The number of aryl methyl sites for hydroxylation is 1. The van der Waals surface area contributed by atoms with Gasteiger partial charge in [-0.2, -0.15) is 0 Å². The van der Waals surface area contributed by atoms with Gasteiger partial charge in [0.1, 0.15) is 5.75 Å². The Kier molecular flexibility index (Phi) is 7.57. The number of phenolic OH excluding ortho intramolecular Hbond substituents is 1. The molecule has 0 bridgehead atoms. The van der Waals surface area contributed by atoms with Gasteiger partial charge in [0.25, 0.3) is 0 Å². The van der Waals surface area contributed by atoms with Crippen LogP contribution in [0.15, 0.2) is 24.3 Å². The van der Waals surface area contributed by atoms with Crippen molar-refractivity contribution in [3.63, 3.8) is 0 Å². The molecule has 0 atom stereocenters. The van der Waals surface area contributed by atoms with E-state index in [1.54, 1.807) is 18.2 Å². The minimum absolute atomic E-state index is 0.175. The number of halogens is 1. The van der Waals surface area contributed by atoms with Crippen LogP contribution in [0.2, 0.25) is 0 Å². The lowest BCUT2D eigenvalue weighted by Crippen LogP contribution is -1.91. The molecule has 1 N–H and O–H groups in total. The normalized spacial score (nSPS) is 9.00. The Morgan fingerprint density at radius 3 is 2.16 bits per heavy atom.